The minimum absolute atomic E-state index is 0.203. The molecule has 0 aromatic heterocycles. The van der Waals surface area contributed by atoms with Crippen molar-refractivity contribution in [3.8, 4) is 5.75 Å². The molecule has 0 amide bonds. The molecular weight excluding hydrogens is 350 g/mol. The van der Waals surface area contributed by atoms with Gasteiger partial charge in [-0.1, -0.05) is 6.92 Å². The summed E-state index contributed by atoms with van der Waals surface area (Å²) in [5.41, 5.74) is 1.08. The summed E-state index contributed by atoms with van der Waals surface area (Å²) in [6.45, 7) is 3.01. The number of hydrogen-bond acceptors (Lipinski definition) is 3. The van der Waals surface area contributed by atoms with E-state index < -0.39 is 0 Å². The predicted octanol–water partition coefficient (Wildman–Crippen LogP) is 3.17. The van der Waals surface area contributed by atoms with Crippen LogP contribution in [0.4, 0.5) is 0 Å². The van der Waals surface area contributed by atoms with Crippen LogP contribution in [0.1, 0.15) is 25.3 Å². The average Bonchev–Trinajstić information content (AvgIpc) is 2.31. The van der Waals surface area contributed by atoms with Crippen LogP contribution in [0, 0.1) is 0 Å². The van der Waals surface area contributed by atoms with Crippen molar-refractivity contribution in [3.05, 3.63) is 26.6 Å². The molecule has 5 heteroatoms. The molecule has 1 rings (SSSR count). The molecule has 0 radical (unpaired) electrons. The van der Waals surface area contributed by atoms with Gasteiger partial charge >= 0.3 is 0 Å². The van der Waals surface area contributed by atoms with Gasteiger partial charge in [0.15, 0.2) is 0 Å². The van der Waals surface area contributed by atoms with Gasteiger partial charge in [-0.25, -0.2) is 0 Å². The smallest absolute Gasteiger partial charge is 0.143 e. The Morgan fingerprint density at radius 1 is 1.29 bits per heavy atom. The van der Waals surface area contributed by atoms with Crippen molar-refractivity contribution in [2.45, 2.75) is 32.4 Å². The van der Waals surface area contributed by atoms with Crippen molar-refractivity contribution >= 4 is 31.9 Å². The minimum Gasteiger partial charge on any atom is -0.506 e. The van der Waals surface area contributed by atoms with Gasteiger partial charge in [0.1, 0.15) is 5.75 Å². The maximum Gasteiger partial charge on any atom is 0.143 e. The van der Waals surface area contributed by atoms with Crippen molar-refractivity contribution in [2.24, 2.45) is 0 Å². The summed E-state index contributed by atoms with van der Waals surface area (Å²) in [5, 5.41) is 21.9. The van der Waals surface area contributed by atoms with E-state index in [2.05, 4.69) is 44.1 Å². The van der Waals surface area contributed by atoms with E-state index in [-0.39, 0.29) is 12.4 Å². The summed E-state index contributed by atoms with van der Waals surface area (Å²) in [7, 11) is 0. The third-order valence-corrected chi connectivity index (χ3v) is 3.85. The van der Waals surface area contributed by atoms with Crippen LogP contribution < -0.4 is 5.32 Å². The molecule has 17 heavy (non-hydrogen) atoms. The monoisotopic (exact) mass is 365 g/mol. The van der Waals surface area contributed by atoms with Crippen LogP contribution in [0.2, 0.25) is 0 Å². The van der Waals surface area contributed by atoms with E-state index in [0.29, 0.717) is 15.0 Å². The molecule has 0 aliphatic rings. The summed E-state index contributed by atoms with van der Waals surface area (Å²) in [6, 6.07) is 4.10. The van der Waals surface area contributed by atoms with Crippen molar-refractivity contribution in [1.29, 1.82) is 0 Å². The van der Waals surface area contributed by atoms with E-state index in [1.807, 2.05) is 12.1 Å². The summed E-state index contributed by atoms with van der Waals surface area (Å²) < 4.78 is 1.36. The van der Waals surface area contributed by atoms with Crippen molar-refractivity contribution in [2.75, 3.05) is 6.61 Å². The third-order valence-electron chi connectivity index (χ3n) is 2.64. The fourth-order valence-electron chi connectivity index (χ4n) is 1.59. The first-order valence-electron chi connectivity index (χ1n) is 5.59. The highest BCUT2D eigenvalue weighted by atomic mass is 79.9. The fraction of sp³-hybridized carbons (Fsp3) is 0.500. The van der Waals surface area contributed by atoms with E-state index in [0.717, 1.165) is 24.9 Å². The Morgan fingerprint density at radius 2 is 1.88 bits per heavy atom. The zero-order chi connectivity index (χ0) is 12.8. The van der Waals surface area contributed by atoms with Gasteiger partial charge in [0.25, 0.3) is 0 Å². The van der Waals surface area contributed by atoms with Gasteiger partial charge < -0.3 is 15.5 Å². The Hall–Kier alpha value is -0.100. The molecule has 1 atom stereocenters. The number of hydrogen-bond donors (Lipinski definition) is 3. The summed E-state index contributed by atoms with van der Waals surface area (Å²) in [5.74, 6) is 0.219. The number of phenolic OH excluding ortho intramolecular Hbond substituents is 1. The summed E-state index contributed by atoms with van der Waals surface area (Å²) >= 11 is 6.61. The standard InChI is InChI=1S/C12H17Br2NO2/c1-2-9(3-4-16)15-7-8-5-10(13)12(17)11(14)6-8/h5-6,9,15-17H,2-4,7H2,1H3. The van der Waals surface area contributed by atoms with Crippen molar-refractivity contribution in [3.63, 3.8) is 0 Å². The highest BCUT2D eigenvalue weighted by Gasteiger charge is 2.08. The molecule has 3 N–H and O–H groups in total. The van der Waals surface area contributed by atoms with Gasteiger partial charge in [-0.3, -0.25) is 0 Å². The highest BCUT2D eigenvalue weighted by molar-refractivity contribution is 9.11. The Morgan fingerprint density at radius 3 is 2.35 bits per heavy atom. The lowest BCUT2D eigenvalue weighted by atomic mass is 10.1. The van der Waals surface area contributed by atoms with Gasteiger partial charge in [0.2, 0.25) is 0 Å². The van der Waals surface area contributed by atoms with E-state index in [1.54, 1.807) is 0 Å². The Labute approximate surface area is 118 Å². The van der Waals surface area contributed by atoms with E-state index >= 15 is 0 Å². The first-order valence-corrected chi connectivity index (χ1v) is 7.18. The lowest BCUT2D eigenvalue weighted by Gasteiger charge is -2.16. The third kappa shape index (κ3) is 4.58. The molecule has 1 aromatic rings. The number of benzene rings is 1. The second-order valence-corrected chi connectivity index (χ2v) is 5.62. The first kappa shape index (κ1) is 15.0. The van der Waals surface area contributed by atoms with Gasteiger partial charge in [-0.15, -0.1) is 0 Å². The highest BCUT2D eigenvalue weighted by Crippen LogP contribution is 2.33. The van der Waals surface area contributed by atoms with Gasteiger partial charge in [0.05, 0.1) is 8.95 Å². The quantitative estimate of drug-likeness (QED) is 0.724. The van der Waals surface area contributed by atoms with E-state index in [9.17, 15) is 5.11 Å². The number of aliphatic hydroxyl groups is 1. The largest absolute Gasteiger partial charge is 0.506 e. The number of aromatic hydroxyl groups is 1. The number of nitrogens with one attached hydrogen (secondary N) is 1. The summed E-state index contributed by atoms with van der Waals surface area (Å²) in [6.07, 6.45) is 1.75. The molecule has 3 nitrogen and oxygen atoms in total. The normalized spacial score (nSPS) is 12.7. The zero-order valence-electron chi connectivity index (χ0n) is 9.71. The molecule has 0 saturated carbocycles. The fourth-order valence-corrected chi connectivity index (χ4v) is 2.87. The Balaban J connectivity index is 2.63. The minimum atomic E-state index is 0.203. The molecule has 0 aliphatic carbocycles. The van der Waals surface area contributed by atoms with Gasteiger partial charge in [-0.2, -0.15) is 0 Å². The Kier molecular flexibility index (Phi) is 6.48. The van der Waals surface area contributed by atoms with Crippen LogP contribution in [0.5, 0.6) is 5.75 Å². The first-order chi connectivity index (χ1) is 8.08. The SMILES string of the molecule is CCC(CCO)NCc1cc(Br)c(O)c(Br)c1. The van der Waals surface area contributed by atoms with Crippen LogP contribution in [0.25, 0.3) is 0 Å². The lowest BCUT2D eigenvalue weighted by Crippen LogP contribution is -2.28. The second kappa shape index (κ2) is 7.36. The molecule has 0 bridgehead atoms. The maximum absolute atomic E-state index is 9.59. The number of rotatable bonds is 6. The zero-order valence-corrected chi connectivity index (χ0v) is 12.9. The van der Waals surface area contributed by atoms with Crippen LogP contribution in [0.3, 0.4) is 0 Å². The van der Waals surface area contributed by atoms with Gasteiger partial charge in [0, 0.05) is 19.2 Å². The van der Waals surface area contributed by atoms with Crippen LogP contribution in [-0.4, -0.2) is 22.9 Å². The molecule has 0 aliphatic heterocycles. The molecule has 96 valence electrons. The van der Waals surface area contributed by atoms with Crippen molar-refractivity contribution < 1.29 is 10.2 Å². The van der Waals surface area contributed by atoms with Crippen molar-refractivity contribution in [1.82, 2.24) is 5.32 Å². The molecule has 1 unspecified atom stereocenters. The average molecular weight is 367 g/mol. The topological polar surface area (TPSA) is 52.5 Å². The molecule has 0 spiro atoms. The second-order valence-electron chi connectivity index (χ2n) is 3.91. The van der Waals surface area contributed by atoms with E-state index in [4.69, 9.17) is 5.11 Å². The Bertz CT molecular complexity index is 349. The van der Waals surface area contributed by atoms with Gasteiger partial charge in [-0.05, 0) is 62.4 Å². The van der Waals surface area contributed by atoms with E-state index in [1.165, 1.54) is 0 Å². The van der Waals surface area contributed by atoms with Crippen LogP contribution in [0.15, 0.2) is 21.1 Å². The van der Waals surface area contributed by atoms with Crippen LogP contribution >= 0.6 is 31.9 Å². The lowest BCUT2D eigenvalue weighted by molar-refractivity contribution is 0.262. The number of halogens is 2. The molecule has 1 aromatic carbocycles. The maximum atomic E-state index is 9.59. The van der Waals surface area contributed by atoms with Crippen LogP contribution in [-0.2, 0) is 6.54 Å². The predicted molar refractivity (Wildman–Crippen MR) is 76.1 cm³/mol. The number of phenols is 1. The number of aliphatic hydroxyl groups excluding tert-OH is 1. The molecule has 0 heterocycles. The molecular formula is C12H17Br2NO2. The summed E-state index contributed by atoms with van der Waals surface area (Å²) in [4.78, 5) is 0. The molecule has 0 saturated heterocycles. The molecule has 0 fully saturated rings.